The minimum atomic E-state index is 0.499. The van der Waals surface area contributed by atoms with Crippen LogP contribution in [-0.2, 0) is 4.79 Å². The Kier molecular flexibility index (Phi) is 5.02. The number of rotatable bonds is 5. The predicted molar refractivity (Wildman–Crippen MR) is 79.3 cm³/mol. The monoisotopic (exact) mass is 266 g/mol. The molecule has 0 aromatic carbocycles. The van der Waals surface area contributed by atoms with E-state index in [1.165, 1.54) is 25.7 Å². The molecule has 0 spiro atoms. The molecule has 2 aliphatic heterocycles. The number of carbonyl (C=O) groups is 1. The summed E-state index contributed by atoms with van der Waals surface area (Å²) < 4.78 is 0. The molecule has 3 unspecified atom stereocenters. The smallest absolute Gasteiger partial charge is 0.136 e. The van der Waals surface area contributed by atoms with Crippen molar-refractivity contribution < 1.29 is 4.79 Å². The van der Waals surface area contributed by atoms with E-state index in [0.717, 1.165) is 25.3 Å². The lowest BCUT2D eigenvalue weighted by Crippen LogP contribution is -2.58. The average molecular weight is 266 g/mol. The van der Waals surface area contributed by atoms with Crippen molar-refractivity contribution in [2.75, 3.05) is 20.6 Å². The highest BCUT2D eigenvalue weighted by atomic mass is 16.1. The molecule has 0 aromatic rings. The van der Waals surface area contributed by atoms with Crippen molar-refractivity contribution in [3.63, 3.8) is 0 Å². The Labute approximate surface area is 118 Å². The maximum Gasteiger partial charge on any atom is 0.136 e. The summed E-state index contributed by atoms with van der Waals surface area (Å²) in [5.41, 5.74) is 0. The zero-order valence-electron chi connectivity index (χ0n) is 13.1. The van der Waals surface area contributed by atoms with Crippen LogP contribution in [0.2, 0.25) is 0 Å². The summed E-state index contributed by atoms with van der Waals surface area (Å²) in [7, 11) is 4.33. The molecule has 19 heavy (non-hydrogen) atoms. The van der Waals surface area contributed by atoms with Crippen LogP contribution in [0.25, 0.3) is 0 Å². The second-order valence-corrected chi connectivity index (χ2v) is 7.18. The summed E-state index contributed by atoms with van der Waals surface area (Å²) in [5.74, 6) is 1.22. The standard InChI is InChI=1S/C16H30N2O/c1-12(2)8-15(11-17(3)4)18-13-6-5-7-14(18)10-16(19)9-13/h12-15H,5-11H2,1-4H3. The number of carbonyl (C=O) groups excluding carboxylic acids is 1. The highest BCUT2D eigenvalue weighted by Crippen LogP contribution is 2.35. The van der Waals surface area contributed by atoms with Crippen LogP contribution in [0.5, 0.6) is 0 Å². The van der Waals surface area contributed by atoms with E-state index >= 15 is 0 Å². The van der Waals surface area contributed by atoms with Crippen LogP contribution in [0.15, 0.2) is 0 Å². The fraction of sp³-hybridized carbons (Fsp3) is 0.938. The highest BCUT2D eigenvalue weighted by Gasteiger charge is 2.41. The van der Waals surface area contributed by atoms with Gasteiger partial charge in [0, 0.05) is 37.5 Å². The van der Waals surface area contributed by atoms with E-state index in [9.17, 15) is 4.79 Å². The third kappa shape index (κ3) is 3.79. The van der Waals surface area contributed by atoms with Gasteiger partial charge in [-0.15, -0.1) is 0 Å². The predicted octanol–water partition coefficient (Wildman–Crippen LogP) is 2.55. The van der Waals surface area contributed by atoms with Crippen molar-refractivity contribution in [1.82, 2.24) is 9.80 Å². The van der Waals surface area contributed by atoms with Crippen molar-refractivity contribution in [2.24, 2.45) is 5.92 Å². The molecule has 0 aromatic heterocycles. The van der Waals surface area contributed by atoms with Crippen LogP contribution in [0.4, 0.5) is 0 Å². The normalized spacial score (nSPS) is 30.1. The van der Waals surface area contributed by atoms with E-state index in [1.807, 2.05) is 0 Å². The number of fused-ring (bicyclic) bond motifs is 2. The zero-order chi connectivity index (χ0) is 14.0. The molecule has 0 radical (unpaired) electrons. The average Bonchev–Trinajstić information content (AvgIpc) is 2.25. The molecule has 3 nitrogen and oxygen atoms in total. The summed E-state index contributed by atoms with van der Waals surface area (Å²) in [5, 5.41) is 0. The van der Waals surface area contributed by atoms with E-state index in [1.54, 1.807) is 0 Å². The second kappa shape index (κ2) is 6.36. The lowest BCUT2D eigenvalue weighted by atomic mass is 9.81. The maximum absolute atomic E-state index is 11.9. The first-order valence-electron chi connectivity index (χ1n) is 7.91. The van der Waals surface area contributed by atoms with Crippen LogP contribution < -0.4 is 0 Å². The highest BCUT2D eigenvalue weighted by molar-refractivity contribution is 5.80. The quantitative estimate of drug-likeness (QED) is 0.764. The minimum absolute atomic E-state index is 0.499. The van der Waals surface area contributed by atoms with Crippen LogP contribution >= 0.6 is 0 Å². The number of ketones is 1. The van der Waals surface area contributed by atoms with Gasteiger partial charge in [-0.1, -0.05) is 20.3 Å². The van der Waals surface area contributed by atoms with Crippen molar-refractivity contribution >= 4 is 5.78 Å². The number of likely N-dealkylation sites (N-methyl/N-ethyl adjacent to an activating group) is 1. The molecular formula is C16H30N2O. The van der Waals surface area contributed by atoms with Crippen molar-refractivity contribution in [3.8, 4) is 0 Å². The largest absolute Gasteiger partial charge is 0.308 e. The second-order valence-electron chi connectivity index (χ2n) is 7.18. The van der Waals surface area contributed by atoms with Crippen molar-refractivity contribution in [2.45, 2.75) is 70.5 Å². The molecule has 2 aliphatic rings. The number of nitrogens with zero attached hydrogens (tertiary/aromatic N) is 2. The van der Waals surface area contributed by atoms with Gasteiger partial charge in [0.15, 0.2) is 0 Å². The molecule has 0 aliphatic carbocycles. The summed E-state index contributed by atoms with van der Waals surface area (Å²) in [4.78, 5) is 16.9. The fourth-order valence-electron chi connectivity index (χ4n) is 4.06. The van der Waals surface area contributed by atoms with Crippen molar-refractivity contribution in [3.05, 3.63) is 0 Å². The topological polar surface area (TPSA) is 23.6 Å². The number of Topliss-reactive ketones (excluding diaryl/α,β-unsaturated/α-hetero) is 1. The van der Waals surface area contributed by atoms with Gasteiger partial charge in [-0.2, -0.15) is 0 Å². The molecule has 2 heterocycles. The SMILES string of the molecule is CC(C)CC(CN(C)C)N1C2CCCC1CC(=O)C2. The molecule has 0 saturated carbocycles. The molecule has 2 saturated heterocycles. The minimum Gasteiger partial charge on any atom is -0.308 e. The van der Waals surface area contributed by atoms with Gasteiger partial charge in [0.05, 0.1) is 0 Å². The van der Waals surface area contributed by atoms with Gasteiger partial charge in [0.1, 0.15) is 5.78 Å². The zero-order valence-corrected chi connectivity index (χ0v) is 13.1. The first-order chi connectivity index (χ1) is 8.97. The van der Waals surface area contributed by atoms with Crippen LogP contribution in [0.3, 0.4) is 0 Å². The molecule has 2 rings (SSSR count). The molecule has 110 valence electrons. The molecule has 3 atom stereocenters. The summed E-state index contributed by atoms with van der Waals surface area (Å²) in [6, 6.07) is 1.69. The van der Waals surface area contributed by atoms with Crippen LogP contribution in [0, 0.1) is 5.92 Å². The molecule has 0 N–H and O–H groups in total. The Balaban J connectivity index is 2.12. The first kappa shape index (κ1) is 15.0. The van der Waals surface area contributed by atoms with Gasteiger partial charge in [0.25, 0.3) is 0 Å². The Morgan fingerprint density at radius 2 is 1.79 bits per heavy atom. The fourth-order valence-corrected chi connectivity index (χ4v) is 4.06. The summed E-state index contributed by atoms with van der Waals surface area (Å²) in [6.07, 6.45) is 6.63. The van der Waals surface area contributed by atoms with E-state index < -0.39 is 0 Å². The number of hydrogen-bond acceptors (Lipinski definition) is 3. The van der Waals surface area contributed by atoms with Gasteiger partial charge in [-0.05, 0) is 39.3 Å². The van der Waals surface area contributed by atoms with E-state index in [0.29, 0.717) is 23.9 Å². The van der Waals surface area contributed by atoms with Gasteiger partial charge >= 0.3 is 0 Å². The lowest BCUT2D eigenvalue weighted by molar-refractivity contribution is -0.129. The third-order valence-electron chi connectivity index (χ3n) is 4.59. The first-order valence-corrected chi connectivity index (χ1v) is 7.91. The number of piperidine rings is 2. The Hall–Kier alpha value is -0.410. The molecular weight excluding hydrogens is 236 g/mol. The number of hydrogen-bond donors (Lipinski definition) is 0. The summed E-state index contributed by atoms with van der Waals surface area (Å²) >= 11 is 0. The van der Waals surface area contributed by atoms with Gasteiger partial charge in [-0.3, -0.25) is 9.69 Å². The molecule has 3 heteroatoms. The van der Waals surface area contributed by atoms with E-state index in [2.05, 4.69) is 37.7 Å². The molecule has 2 bridgehead atoms. The van der Waals surface area contributed by atoms with Gasteiger partial charge < -0.3 is 4.90 Å². The Bertz CT molecular complexity index is 288. The summed E-state index contributed by atoms with van der Waals surface area (Å²) in [6.45, 7) is 5.75. The Morgan fingerprint density at radius 1 is 1.21 bits per heavy atom. The van der Waals surface area contributed by atoms with Gasteiger partial charge in [-0.25, -0.2) is 0 Å². The van der Waals surface area contributed by atoms with E-state index in [-0.39, 0.29) is 0 Å². The van der Waals surface area contributed by atoms with Crippen LogP contribution in [-0.4, -0.2) is 54.3 Å². The lowest BCUT2D eigenvalue weighted by Gasteiger charge is -2.50. The van der Waals surface area contributed by atoms with Crippen LogP contribution in [0.1, 0.15) is 52.4 Å². The Morgan fingerprint density at radius 3 is 2.26 bits per heavy atom. The van der Waals surface area contributed by atoms with Crippen molar-refractivity contribution in [1.29, 1.82) is 0 Å². The molecule has 2 fully saturated rings. The van der Waals surface area contributed by atoms with E-state index in [4.69, 9.17) is 0 Å². The third-order valence-corrected chi connectivity index (χ3v) is 4.59. The maximum atomic E-state index is 11.9. The van der Waals surface area contributed by atoms with Gasteiger partial charge in [0.2, 0.25) is 0 Å². The molecule has 0 amide bonds.